The number of ether oxygens (including phenoxy) is 2. The van der Waals surface area contributed by atoms with Gasteiger partial charge in [0, 0.05) is 0 Å². The summed E-state index contributed by atoms with van der Waals surface area (Å²) < 4.78 is 11.1. The summed E-state index contributed by atoms with van der Waals surface area (Å²) in [6.07, 6.45) is 6.59. The van der Waals surface area contributed by atoms with E-state index in [1.807, 2.05) is 24.3 Å². The Kier molecular flexibility index (Phi) is 3.99. The highest BCUT2D eigenvalue weighted by Crippen LogP contribution is 2.33. The number of thioether (sulfide) groups is 1. The number of carbonyl (C=O) groups excluding carboxylic acids is 1. The Hall–Kier alpha value is -1.95. The van der Waals surface area contributed by atoms with Crippen LogP contribution in [-0.4, -0.2) is 30.3 Å². The molecular weight excluding hydrogens is 312 g/mol. The van der Waals surface area contributed by atoms with E-state index in [2.05, 4.69) is 10.3 Å². The summed E-state index contributed by atoms with van der Waals surface area (Å²) in [5.74, 6) is 1.40. The lowest BCUT2D eigenvalue weighted by Crippen LogP contribution is -2.21. The molecule has 1 aliphatic carbocycles. The number of nitrogens with one attached hydrogen (secondary N) is 1. The van der Waals surface area contributed by atoms with Crippen LogP contribution in [0.15, 0.2) is 28.1 Å². The van der Waals surface area contributed by atoms with E-state index in [0.29, 0.717) is 24.2 Å². The molecule has 0 spiro atoms. The molecule has 0 bridgehead atoms. The summed E-state index contributed by atoms with van der Waals surface area (Å²) >= 11 is 1.42. The van der Waals surface area contributed by atoms with Crippen molar-refractivity contribution in [2.75, 3.05) is 13.2 Å². The van der Waals surface area contributed by atoms with Crippen LogP contribution in [0, 0.1) is 0 Å². The lowest BCUT2D eigenvalue weighted by Gasteiger charge is -2.18. The van der Waals surface area contributed by atoms with E-state index in [0.717, 1.165) is 35.1 Å². The first-order valence-electron chi connectivity index (χ1n) is 7.96. The number of hydrogen-bond acceptors (Lipinski definition) is 5. The van der Waals surface area contributed by atoms with Gasteiger partial charge in [-0.2, -0.15) is 0 Å². The Balaban J connectivity index is 1.53. The van der Waals surface area contributed by atoms with Gasteiger partial charge in [0.05, 0.1) is 10.9 Å². The number of rotatable bonds is 2. The monoisotopic (exact) mass is 330 g/mol. The first kappa shape index (κ1) is 14.6. The number of aliphatic imine (C=N–C) groups is 1. The highest BCUT2D eigenvalue weighted by molar-refractivity contribution is 8.18. The molecule has 2 heterocycles. The third-order valence-corrected chi connectivity index (χ3v) is 5.06. The lowest BCUT2D eigenvalue weighted by atomic mass is 10.2. The zero-order valence-electron chi connectivity index (χ0n) is 12.7. The van der Waals surface area contributed by atoms with Crippen LogP contribution in [0.25, 0.3) is 6.08 Å². The molecule has 1 saturated heterocycles. The normalized spacial score (nSPS) is 24.4. The summed E-state index contributed by atoms with van der Waals surface area (Å²) in [7, 11) is 0. The van der Waals surface area contributed by atoms with E-state index in [-0.39, 0.29) is 5.91 Å². The SMILES string of the molecule is O=C1NC(=NC2CCCC2)S/C1=C/c1ccc2c(c1)OCCO2. The van der Waals surface area contributed by atoms with Crippen LogP contribution in [0.3, 0.4) is 0 Å². The highest BCUT2D eigenvalue weighted by atomic mass is 32.2. The van der Waals surface area contributed by atoms with E-state index in [9.17, 15) is 4.79 Å². The van der Waals surface area contributed by atoms with E-state index in [1.54, 1.807) is 0 Å². The summed E-state index contributed by atoms with van der Waals surface area (Å²) in [6, 6.07) is 6.08. The first-order valence-corrected chi connectivity index (χ1v) is 8.78. The molecule has 1 saturated carbocycles. The largest absolute Gasteiger partial charge is 0.486 e. The number of carbonyl (C=O) groups is 1. The quantitative estimate of drug-likeness (QED) is 0.847. The number of nitrogens with zero attached hydrogens (tertiary/aromatic N) is 1. The molecule has 1 amide bonds. The van der Waals surface area contributed by atoms with Gasteiger partial charge in [0.15, 0.2) is 16.7 Å². The van der Waals surface area contributed by atoms with Gasteiger partial charge in [-0.3, -0.25) is 9.79 Å². The van der Waals surface area contributed by atoms with Crippen molar-refractivity contribution < 1.29 is 14.3 Å². The summed E-state index contributed by atoms with van der Waals surface area (Å²) in [4.78, 5) is 17.4. The van der Waals surface area contributed by atoms with E-state index >= 15 is 0 Å². The maximum absolute atomic E-state index is 12.1. The molecule has 4 rings (SSSR count). The number of amidine groups is 1. The van der Waals surface area contributed by atoms with Gasteiger partial charge >= 0.3 is 0 Å². The van der Waals surface area contributed by atoms with E-state index < -0.39 is 0 Å². The lowest BCUT2D eigenvalue weighted by molar-refractivity contribution is -0.115. The minimum absolute atomic E-state index is 0.0818. The number of amides is 1. The Morgan fingerprint density at radius 2 is 1.96 bits per heavy atom. The molecule has 1 aromatic rings. The van der Waals surface area contributed by atoms with Crippen LogP contribution in [0.1, 0.15) is 31.2 Å². The fraction of sp³-hybridized carbons (Fsp3) is 0.412. The summed E-state index contributed by atoms with van der Waals surface area (Å²) in [5, 5.41) is 3.59. The minimum atomic E-state index is -0.0818. The molecule has 0 radical (unpaired) electrons. The highest BCUT2D eigenvalue weighted by Gasteiger charge is 2.25. The second kappa shape index (κ2) is 6.28. The molecule has 1 aromatic carbocycles. The molecule has 0 aromatic heterocycles. The smallest absolute Gasteiger partial charge is 0.264 e. The van der Waals surface area contributed by atoms with Crippen LogP contribution in [0.5, 0.6) is 11.5 Å². The van der Waals surface area contributed by atoms with Gasteiger partial charge in [0.1, 0.15) is 13.2 Å². The second-order valence-corrected chi connectivity index (χ2v) is 6.87. The van der Waals surface area contributed by atoms with Gasteiger partial charge < -0.3 is 14.8 Å². The van der Waals surface area contributed by atoms with Crippen LogP contribution in [-0.2, 0) is 4.79 Å². The molecule has 6 heteroatoms. The molecular formula is C17H18N2O3S. The fourth-order valence-corrected chi connectivity index (χ4v) is 3.88. The Morgan fingerprint density at radius 3 is 2.78 bits per heavy atom. The predicted octanol–water partition coefficient (Wildman–Crippen LogP) is 2.96. The number of hydrogen-bond donors (Lipinski definition) is 1. The van der Waals surface area contributed by atoms with Crippen molar-refractivity contribution in [2.24, 2.45) is 4.99 Å². The molecule has 3 aliphatic rings. The summed E-state index contributed by atoms with van der Waals surface area (Å²) in [6.45, 7) is 1.13. The molecule has 2 fully saturated rings. The average Bonchev–Trinajstić information content (AvgIpc) is 3.18. The van der Waals surface area contributed by atoms with Crippen molar-refractivity contribution in [2.45, 2.75) is 31.7 Å². The van der Waals surface area contributed by atoms with Crippen molar-refractivity contribution >= 4 is 28.9 Å². The summed E-state index contributed by atoms with van der Waals surface area (Å²) in [5.41, 5.74) is 0.925. The molecule has 2 aliphatic heterocycles. The molecule has 1 N–H and O–H groups in total. The maximum atomic E-state index is 12.1. The topological polar surface area (TPSA) is 59.9 Å². The van der Waals surface area contributed by atoms with Gasteiger partial charge in [-0.25, -0.2) is 0 Å². The number of fused-ring (bicyclic) bond motifs is 1. The molecule has 120 valence electrons. The van der Waals surface area contributed by atoms with Crippen molar-refractivity contribution in [3.05, 3.63) is 28.7 Å². The third-order valence-electron chi connectivity index (χ3n) is 4.14. The Labute approximate surface area is 139 Å². The zero-order chi connectivity index (χ0) is 15.6. The van der Waals surface area contributed by atoms with E-state index in [4.69, 9.17) is 9.47 Å². The second-order valence-electron chi connectivity index (χ2n) is 5.84. The fourth-order valence-electron chi connectivity index (χ4n) is 2.99. The van der Waals surface area contributed by atoms with E-state index in [1.165, 1.54) is 24.6 Å². The van der Waals surface area contributed by atoms with Gasteiger partial charge in [0.25, 0.3) is 5.91 Å². The van der Waals surface area contributed by atoms with Gasteiger partial charge in [-0.15, -0.1) is 0 Å². The van der Waals surface area contributed by atoms with Gasteiger partial charge in [-0.1, -0.05) is 18.9 Å². The first-order chi connectivity index (χ1) is 11.3. The molecule has 5 nitrogen and oxygen atoms in total. The molecule has 0 atom stereocenters. The standard InChI is InChI=1S/C17H18N2O3S/c20-16-15(23-17(19-16)18-12-3-1-2-4-12)10-11-5-6-13-14(9-11)22-8-7-21-13/h5-6,9-10,12H,1-4,7-8H2,(H,18,19,20)/b15-10+. The van der Waals surface area contributed by atoms with Crippen molar-refractivity contribution in [3.8, 4) is 11.5 Å². The molecule has 23 heavy (non-hydrogen) atoms. The Morgan fingerprint density at radius 1 is 1.17 bits per heavy atom. The minimum Gasteiger partial charge on any atom is -0.486 e. The van der Waals surface area contributed by atoms with Crippen LogP contribution >= 0.6 is 11.8 Å². The van der Waals surface area contributed by atoms with Crippen LogP contribution < -0.4 is 14.8 Å². The van der Waals surface area contributed by atoms with Gasteiger partial charge in [-0.05, 0) is 48.4 Å². The Bertz CT molecular complexity index is 693. The third kappa shape index (κ3) is 3.22. The van der Waals surface area contributed by atoms with Crippen LogP contribution in [0.2, 0.25) is 0 Å². The van der Waals surface area contributed by atoms with Crippen molar-refractivity contribution in [1.29, 1.82) is 0 Å². The van der Waals surface area contributed by atoms with Gasteiger partial charge in [0.2, 0.25) is 0 Å². The van der Waals surface area contributed by atoms with Crippen molar-refractivity contribution in [3.63, 3.8) is 0 Å². The average molecular weight is 330 g/mol. The maximum Gasteiger partial charge on any atom is 0.264 e. The van der Waals surface area contributed by atoms with Crippen LogP contribution in [0.4, 0.5) is 0 Å². The zero-order valence-corrected chi connectivity index (χ0v) is 13.5. The van der Waals surface area contributed by atoms with Crippen molar-refractivity contribution in [1.82, 2.24) is 5.32 Å². The molecule has 0 unspecified atom stereocenters. The predicted molar refractivity (Wildman–Crippen MR) is 90.8 cm³/mol. The number of benzene rings is 1.